The van der Waals surface area contributed by atoms with E-state index in [1.807, 2.05) is 17.9 Å². The Morgan fingerprint density at radius 2 is 1.94 bits per heavy atom. The number of rotatable bonds is 2. The molecule has 0 radical (unpaired) electrons. The van der Waals surface area contributed by atoms with Crippen LogP contribution in [0.25, 0.3) is 0 Å². The summed E-state index contributed by atoms with van der Waals surface area (Å²) in [5, 5.41) is 4.23. The van der Waals surface area contributed by atoms with Crippen molar-refractivity contribution >= 4 is 0 Å². The summed E-state index contributed by atoms with van der Waals surface area (Å²) in [6, 6.07) is 3.74. The van der Waals surface area contributed by atoms with Crippen LogP contribution in [0.3, 0.4) is 0 Å². The third kappa shape index (κ3) is 1.79. The molecule has 3 atom stereocenters. The average molecular weight is 234 g/mol. The largest absolute Gasteiger partial charge is 0.322 e. The molecule has 0 aliphatic carbocycles. The summed E-state index contributed by atoms with van der Waals surface area (Å²) in [5.41, 5.74) is 7.61. The van der Waals surface area contributed by atoms with Crippen molar-refractivity contribution in [2.45, 2.75) is 43.8 Å². The molecule has 0 aromatic carbocycles. The molecule has 17 heavy (non-hydrogen) atoms. The third-order valence-corrected chi connectivity index (χ3v) is 4.84. The molecule has 4 heteroatoms. The smallest absolute Gasteiger partial charge is 0.0550 e. The van der Waals surface area contributed by atoms with Crippen molar-refractivity contribution in [2.75, 3.05) is 7.05 Å². The van der Waals surface area contributed by atoms with E-state index in [1.165, 1.54) is 31.4 Å². The monoisotopic (exact) mass is 234 g/mol. The van der Waals surface area contributed by atoms with Gasteiger partial charge in [-0.3, -0.25) is 4.68 Å². The zero-order valence-electron chi connectivity index (χ0n) is 10.7. The van der Waals surface area contributed by atoms with Gasteiger partial charge in [-0.2, -0.15) is 5.10 Å². The van der Waals surface area contributed by atoms with Crippen molar-refractivity contribution in [3.05, 3.63) is 18.0 Å². The van der Waals surface area contributed by atoms with Gasteiger partial charge >= 0.3 is 0 Å². The van der Waals surface area contributed by atoms with E-state index in [1.54, 1.807) is 0 Å². The fraction of sp³-hybridized carbons (Fsp3) is 0.769. The Balaban J connectivity index is 1.76. The molecule has 2 N–H and O–H groups in total. The van der Waals surface area contributed by atoms with Crippen molar-refractivity contribution < 1.29 is 0 Å². The lowest BCUT2D eigenvalue weighted by Crippen LogP contribution is -2.43. The standard InChI is InChI=1S/C13H22N4/c1-16-10-3-4-11(16)8-9(7-10)13(14)12-5-6-15-17(12)2/h5-6,9-11,13H,3-4,7-8,14H2,1-2H3. The summed E-state index contributed by atoms with van der Waals surface area (Å²) in [5.74, 6) is 0.624. The molecule has 2 fully saturated rings. The zero-order chi connectivity index (χ0) is 12.0. The van der Waals surface area contributed by atoms with E-state index in [0.717, 1.165) is 12.1 Å². The molecule has 3 heterocycles. The Labute approximate surface area is 103 Å². The molecule has 4 nitrogen and oxygen atoms in total. The maximum atomic E-state index is 6.43. The molecule has 0 amide bonds. The Morgan fingerprint density at radius 1 is 1.29 bits per heavy atom. The molecule has 0 saturated carbocycles. The first-order valence-corrected chi connectivity index (χ1v) is 6.62. The lowest BCUT2D eigenvalue weighted by atomic mass is 9.84. The van der Waals surface area contributed by atoms with Gasteiger partial charge in [0, 0.05) is 31.4 Å². The highest BCUT2D eigenvalue weighted by atomic mass is 15.3. The number of fused-ring (bicyclic) bond motifs is 2. The summed E-state index contributed by atoms with van der Waals surface area (Å²) < 4.78 is 1.92. The summed E-state index contributed by atoms with van der Waals surface area (Å²) in [6.07, 6.45) is 7.06. The number of hydrogen-bond acceptors (Lipinski definition) is 3. The highest BCUT2D eigenvalue weighted by Crippen LogP contribution is 2.41. The topological polar surface area (TPSA) is 47.1 Å². The Kier molecular flexibility index (Phi) is 2.71. The first kappa shape index (κ1) is 11.2. The van der Waals surface area contributed by atoms with Crippen molar-refractivity contribution in [3.8, 4) is 0 Å². The van der Waals surface area contributed by atoms with Gasteiger partial charge in [-0.25, -0.2) is 0 Å². The molecule has 3 rings (SSSR count). The summed E-state index contributed by atoms with van der Waals surface area (Å²) >= 11 is 0. The van der Waals surface area contributed by atoms with Gasteiger partial charge in [0.2, 0.25) is 0 Å². The SMILES string of the molecule is CN1C2CCC1CC(C(N)c1ccnn1C)C2. The van der Waals surface area contributed by atoms with Crippen molar-refractivity contribution in [3.63, 3.8) is 0 Å². The average Bonchev–Trinajstić information content (AvgIpc) is 2.79. The van der Waals surface area contributed by atoms with E-state index in [9.17, 15) is 0 Å². The third-order valence-electron chi connectivity index (χ3n) is 4.84. The molecule has 1 aromatic rings. The van der Waals surface area contributed by atoms with Crippen LogP contribution in [0.5, 0.6) is 0 Å². The Hall–Kier alpha value is -0.870. The van der Waals surface area contributed by atoms with E-state index in [4.69, 9.17) is 5.73 Å². The summed E-state index contributed by atoms with van der Waals surface area (Å²) in [4.78, 5) is 2.56. The van der Waals surface area contributed by atoms with Crippen molar-refractivity contribution in [1.29, 1.82) is 0 Å². The normalized spacial score (nSPS) is 35.1. The Morgan fingerprint density at radius 3 is 2.47 bits per heavy atom. The highest BCUT2D eigenvalue weighted by Gasteiger charge is 2.40. The number of aryl methyl sites for hydroxylation is 1. The predicted molar refractivity (Wildman–Crippen MR) is 67.4 cm³/mol. The van der Waals surface area contributed by atoms with Gasteiger partial charge in [0.1, 0.15) is 0 Å². The maximum absolute atomic E-state index is 6.43. The predicted octanol–water partition coefficient (Wildman–Crippen LogP) is 1.29. The van der Waals surface area contributed by atoms with Crippen LogP contribution in [-0.2, 0) is 7.05 Å². The minimum Gasteiger partial charge on any atom is -0.322 e. The van der Waals surface area contributed by atoms with Gasteiger partial charge in [0.15, 0.2) is 0 Å². The minimum atomic E-state index is 0.152. The molecule has 3 unspecified atom stereocenters. The number of nitrogens with two attached hydrogens (primary N) is 1. The zero-order valence-corrected chi connectivity index (χ0v) is 10.7. The lowest BCUT2D eigenvalue weighted by Gasteiger charge is -2.38. The maximum Gasteiger partial charge on any atom is 0.0550 e. The summed E-state index contributed by atoms with van der Waals surface area (Å²) in [6.45, 7) is 0. The molecule has 2 bridgehead atoms. The summed E-state index contributed by atoms with van der Waals surface area (Å²) in [7, 11) is 4.26. The first-order valence-electron chi connectivity index (χ1n) is 6.62. The molecule has 2 aliphatic heterocycles. The molecule has 94 valence electrons. The highest BCUT2D eigenvalue weighted by molar-refractivity contribution is 5.09. The molecular formula is C13H22N4. The second-order valence-electron chi connectivity index (χ2n) is 5.69. The van der Waals surface area contributed by atoms with Gasteiger partial charge in [-0.1, -0.05) is 0 Å². The molecule has 1 aromatic heterocycles. The van der Waals surface area contributed by atoms with Crippen LogP contribution in [-0.4, -0.2) is 33.8 Å². The van der Waals surface area contributed by atoms with Gasteiger partial charge < -0.3 is 10.6 Å². The lowest BCUT2D eigenvalue weighted by molar-refractivity contribution is 0.119. The van der Waals surface area contributed by atoms with E-state index in [0.29, 0.717) is 5.92 Å². The van der Waals surface area contributed by atoms with Crippen LogP contribution in [0, 0.1) is 5.92 Å². The van der Waals surface area contributed by atoms with E-state index < -0.39 is 0 Å². The van der Waals surface area contributed by atoms with Gasteiger partial charge in [0.05, 0.1) is 5.69 Å². The molecular weight excluding hydrogens is 212 g/mol. The quantitative estimate of drug-likeness (QED) is 0.839. The number of nitrogens with zero attached hydrogens (tertiary/aromatic N) is 3. The van der Waals surface area contributed by atoms with E-state index in [-0.39, 0.29) is 6.04 Å². The van der Waals surface area contributed by atoms with Crippen LogP contribution in [0.1, 0.15) is 37.4 Å². The van der Waals surface area contributed by atoms with Crippen molar-refractivity contribution in [2.24, 2.45) is 18.7 Å². The van der Waals surface area contributed by atoms with E-state index in [2.05, 4.69) is 23.1 Å². The molecule has 0 spiro atoms. The second kappa shape index (κ2) is 4.10. The fourth-order valence-corrected chi connectivity index (χ4v) is 3.70. The number of hydrogen-bond donors (Lipinski definition) is 1. The number of aromatic nitrogens is 2. The minimum absolute atomic E-state index is 0.152. The molecule has 2 aliphatic rings. The Bertz CT molecular complexity index is 386. The number of piperidine rings is 1. The van der Waals surface area contributed by atoms with Gasteiger partial charge in [0.25, 0.3) is 0 Å². The van der Waals surface area contributed by atoms with Gasteiger partial charge in [-0.15, -0.1) is 0 Å². The van der Waals surface area contributed by atoms with E-state index >= 15 is 0 Å². The van der Waals surface area contributed by atoms with Crippen LogP contribution in [0.4, 0.5) is 0 Å². The van der Waals surface area contributed by atoms with Crippen molar-refractivity contribution in [1.82, 2.24) is 14.7 Å². The fourth-order valence-electron chi connectivity index (χ4n) is 3.70. The van der Waals surface area contributed by atoms with Gasteiger partial charge in [-0.05, 0) is 44.7 Å². The van der Waals surface area contributed by atoms with Crippen LogP contribution >= 0.6 is 0 Å². The van der Waals surface area contributed by atoms with Crippen LogP contribution < -0.4 is 5.73 Å². The van der Waals surface area contributed by atoms with Crippen LogP contribution in [0.2, 0.25) is 0 Å². The second-order valence-corrected chi connectivity index (χ2v) is 5.69. The van der Waals surface area contributed by atoms with Crippen LogP contribution in [0.15, 0.2) is 12.3 Å². The molecule has 2 saturated heterocycles. The first-order chi connectivity index (χ1) is 8.16.